The Morgan fingerprint density at radius 2 is 2.04 bits per heavy atom. The number of rotatable bonds is 5. The summed E-state index contributed by atoms with van der Waals surface area (Å²) in [5, 5.41) is 4.03. The maximum atomic E-state index is 13.2. The Labute approximate surface area is 145 Å². The van der Waals surface area contributed by atoms with Crippen molar-refractivity contribution in [1.29, 1.82) is 0 Å². The van der Waals surface area contributed by atoms with E-state index < -0.39 is 11.7 Å². The minimum Gasteiger partial charge on any atom is -0.493 e. The van der Waals surface area contributed by atoms with Gasteiger partial charge >= 0.3 is 6.18 Å². The number of alkyl halides is 3. The second kappa shape index (κ2) is 7.07. The maximum Gasteiger partial charge on any atom is 0.416 e. The highest BCUT2D eigenvalue weighted by molar-refractivity contribution is 5.63. The molecule has 1 unspecified atom stereocenters. The second-order valence-electron chi connectivity index (χ2n) is 6.50. The van der Waals surface area contributed by atoms with Crippen LogP contribution in [0, 0.1) is 0 Å². The SMILES string of the molecule is CN1CCCC1CCOc1cc(-c2ccnn2C)cc(C(F)(F)F)c1. The van der Waals surface area contributed by atoms with E-state index in [0.29, 0.717) is 23.9 Å². The fourth-order valence-corrected chi connectivity index (χ4v) is 3.31. The first-order valence-electron chi connectivity index (χ1n) is 8.38. The average Bonchev–Trinajstić information content (AvgIpc) is 3.15. The first-order valence-corrected chi connectivity index (χ1v) is 8.38. The lowest BCUT2D eigenvalue weighted by Crippen LogP contribution is -2.26. The van der Waals surface area contributed by atoms with Gasteiger partial charge in [-0.25, -0.2) is 0 Å². The van der Waals surface area contributed by atoms with E-state index in [1.807, 2.05) is 0 Å². The molecule has 0 spiro atoms. The summed E-state index contributed by atoms with van der Waals surface area (Å²) in [6.45, 7) is 1.47. The molecule has 1 aromatic carbocycles. The highest BCUT2D eigenvalue weighted by Gasteiger charge is 2.32. The highest BCUT2D eigenvalue weighted by Crippen LogP contribution is 2.35. The van der Waals surface area contributed by atoms with Gasteiger partial charge in [0, 0.05) is 24.8 Å². The van der Waals surface area contributed by atoms with E-state index in [2.05, 4.69) is 17.0 Å². The predicted molar refractivity (Wildman–Crippen MR) is 89.4 cm³/mol. The molecule has 0 amide bonds. The fraction of sp³-hybridized carbons (Fsp3) is 0.500. The van der Waals surface area contributed by atoms with Crippen LogP contribution in [0.1, 0.15) is 24.8 Å². The molecule has 1 atom stereocenters. The van der Waals surface area contributed by atoms with E-state index in [4.69, 9.17) is 4.74 Å². The predicted octanol–water partition coefficient (Wildman–Crippen LogP) is 3.97. The second-order valence-corrected chi connectivity index (χ2v) is 6.50. The third kappa shape index (κ3) is 4.15. The summed E-state index contributed by atoms with van der Waals surface area (Å²) in [5.74, 6) is 0.242. The number of ether oxygens (including phenoxy) is 1. The van der Waals surface area contributed by atoms with Gasteiger partial charge in [0.15, 0.2) is 0 Å². The van der Waals surface area contributed by atoms with Crippen LogP contribution in [0.3, 0.4) is 0 Å². The summed E-state index contributed by atoms with van der Waals surface area (Å²) in [6.07, 6.45) is 0.232. The zero-order chi connectivity index (χ0) is 18.0. The summed E-state index contributed by atoms with van der Waals surface area (Å²) in [6, 6.07) is 5.98. The van der Waals surface area contributed by atoms with Crippen LogP contribution in [-0.4, -0.2) is 40.9 Å². The lowest BCUT2D eigenvalue weighted by molar-refractivity contribution is -0.137. The highest BCUT2D eigenvalue weighted by atomic mass is 19.4. The molecule has 2 aromatic rings. The first kappa shape index (κ1) is 17.8. The first-order chi connectivity index (χ1) is 11.8. The molecule has 1 aromatic heterocycles. The molecule has 1 fully saturated rings. The number of nitrogens with zero attached hydrogens (tertiary/aromatic N) is 3. The summed E-state index contributed by atoms with van der Waals surface area (Å²) in [7, 11) is 3.77. The van der Waals surface area contributed by atoms with Crippen LogP contribution in [-0.2, 0) is 13.2 Å². The molecule has 0 radical (unpaired) electrons. The number of likely N-dealkylation sites (tertiary alicyclic amines) is 1. The van der Waals surface area contributed by atoms with Crippen molar-refractivity contribution in [2.45, 2.75) is 31.5 Å². The molecule has 3 rings (SSSR count). The quantitative estimate of drug-likeness (QED) is 0.815. The molecule has 25 heavy (non-hydrogen) atoms. The van der Waals surface area contributed by atoms with E-state index in [0.717, 1.165) is 37.9 Å². The van der Waals surface area contributed by atoms with Gasteiger partial charge in [0.05, 0.1) is 17.9 Å². The standard InChI is InChI=1S/C18H22F3N3O/c1-23-8-3-4-15(23)6-9-25-16-11-13(17-5-7-22-24(17)2)10-14(12-16)18(19,20)21/h5,7,10-12,15H,3-4,6,8-9H2,1-2H3. The molecule has 136 valence electrons. The molecule has 7 heteroatoms. The van der Waals surface area contributed by atoms with Gasteiger partial charge in [-0.15, -0.1) is 0 Å². The van der Waals surface area contributed by atoms with E-state index in [9.17, 15) is 13.2 Å². The minimum absolute atomic E-state index is 0.242. The van der Waals surface area contributed by atoms with Crippen molar-refractivity contribution in [3.63, 3.8) is 0 Å². The molecule has 0 bridgehead atoms. The Hall–Kier alpha value is -2.02. The zero-order valence-corrected chi connectivity index (χ0v) is 14.4. The number of benzene rings is 1. The number of aryl methyl sites for hydroxylation is 1. The van der Waals surface area contributed by atoms with Crippen molar-refractivity contribution in [1.82, 2.24) is 14.7 Å². The Bertz CT molecular complexity index is 727. The van der Waals surface area contributed by atoms with Crippen molar-refractivity contribution < 1.29 is 17.9 Å². The van der Waals surface area contributed by atoms with Crippen LogP contribution >= 0.6 is 0 Å². The van der Waals surface area contributed by atoms with Gasteiger partial charge in [0.25, 0.3) is 0 Å². The van der Waals surface area contributed by atoms with Gasteiger partial charge in [0.2, 0.25) is 0 Å². The van der Waals surface area contributed by atoms with Crippen LogP contribution in [0.2, 0.25) is 0 Å². The van der Waals surface area contributed by atoms with Crippen molar-refractivity contribution in [3.05, 3.63) is 36.0 Å². The van der Waals surface area contributed by atoms with Crippen molar-refractivity contribution in [2.24, 2.45) is 7.05 Å². The Balaban J connectivity index is 1.79. The third-order valence-corrected chi connectivity index (χ3v) is 4.74. The molecule has 0 saturated carbocycles. The molecule has 1 aliphatic heterocycles. The van der Waals surface area contributed by atoms with Gasteiger partial charge in [-0.3, -0.25) is 4.68 Å². The fourth-order valence-electron chi connectivity index (χ4n) is 3.31. The number of halogens is 3. The lowest BCUT2D eigenvalue weighted by Gasteiger charge is -2.19. The third-order valence-electron chi connectivity index (χ3n) is 4.74. The number of hydrogen-bond acceptors (Lipinski definition) is 3. The number of hydrogen-bond donors (Lipinski definition) is 0. The van der Waals surface area contributed by atoms with Gasteiger partial charge in [-0.05, 0) is 57.1 Å². The Morgan fingerprint density at radius 1 is 1.24 bits per heavy atom. The topological polar surface area (TPSA) is 30.3 Å². The molecule has 1 saturated heterocycles. The smallest absolute Gasteiger partial charge is 0.416 e. The van der Waals surface area contributed by atoms with E-state index in [1.165, 1.54) is 0 Å². The van der Waals surface area contributed by atoms with Crippen LogP contribution < -0.4 is 4.74 Å². The maximum absolute atomic E-state index is 13.2. The van der Waals surface area contributed by atoms with Gasteiger partial charge in [-0.1, -0.05) is 0 Å². The largest absolute Gasteiger partial charge is 0.493 e. The van der Waals surface area contributed by atoms with E-state index >= 15 is 0 Å². The zero-order valence-electron chi connectivity index (χ0n) is 14.4. The van der Waals surface area contributed by atoms with Crippen LogP contribution in [0.25, 0.3) is 11.3 Å². The molecule has 1 aliphatic rings. The van der Waals surface area contributed by atoms with Gasteiger partial charge in [-0.2, -0.15) is 18.3 Å². The van der Waals surface area contributed by atoms with E-state index in [1.54, 1.807) is 30.1 Å². The monoisotopic (exact) mass is 353 g/mol. The molecule has 0 N–H and O–H groups in total. The van der Waals surface area contributed by atoms with E-state index in [-0.39, 0.29) is 5.75 Å². The van der Waals surface area contributed by atoms with Gasteiger partial charge < -0.3 is 9.64 Å². The van der Waals surface area contributed by atoms with Crippen LogP contribution in [0.15, 0.2) is 30.5 Å². The Morgan fingerprint density at radius 3 is 2.64 bits per heavy atom. The normalized spacial score (nSPS) is 18.7. The molecule has 2 heterocycles. The summed E-state index contributed by atoms with van der Waals surface area (Å²) >= 11 is 0. The lowest BCUT2D eigenvalue weighted by atomic mass is 10.1. The van der Waals surface area contributed by atoms with Gasteiger partial charge in [0.1, 0.15) is 5.75 Å². The number of aromatic nitrogens is 2. The molecular formula is C18H22F3N3O. The van der Waals surface area contributed by atoms with Crippen molar-refractivity contribution in [3.8, 4) is 17.0 Å². The molecule has 4 nitrogen and oxygen atoms in total. The summed E-state index contributed by atoms with van der Waals surface area (Å²) < 4.78 is 46.9. The summed E-state index contributed by atoms with van der Waals surface area (Å²) in [4.78, 5) is 2.27. The van der Waals surface area contributed by atoms with Crippen molar-refractivity contribution >= 4 is 0 Å². The summed E-state index contributed by atoms with van der Waals surface area (Å²) in [5.41, 5.74) is 0.355. The minimum atomic E-state index is -4.42. The van der Waals surface area contributed by atoms with Crippen molar-refractivity contribution in [2.75, 3.05) is 20.2 Å². The average molecular weight is 353 g/mol. The molecule has 0 aliphatic carbocycles. The molecular weight excluding hydrogens is 331 g/mol. The Kier molecular flexibility index (Phi) is 5.03. The van der Waals surface area contributed by atoms with Crippen LogP contribution in [0.4, 0.5) is 13.2 Å². The van der Waals surface area contributed by atoms with Crippen LogP contribution in [0.5, 0.6) is 5.75 Å².